The van der Waals surface area contributed by atoms with Crippen LogP contribution in [0.15, 0.2) is 0 Å². The van der Waals surface area contributed by atoms with Crippen molar-refractivity contribution in [2.24, 2.45) is 0 Å². The first-order valence-corrected chi connectivity index (χ1v) is 6.57. The summed E-state index contributed by atoms with van der Waals surface area (Å²) in [7, 11) is -4.74. The van der Waals surface area contributed by atoms with Crippen LogP contribution in [0.1, 0.15) is 6.92 Å². The number of carbonyl (C=O) groups is 1. The molecule has 1 aliphatic rings. The predicted octanol–water partition coefficient (Wildman–Crippen LogP) is -3.25. The molecule has 2 unspecified atom stereocenters. The van der Waals surface area contributed by atoms with Gasteiger partial charge in [-0.1, -0.05) is 0 Å². The number of aliphatic hydroxyl groups is 3. The molecule has 1 fully saturated rings. The molecule has 1 amide bonds. The fourth-order valence-corrected chi connectivity index (χ4v) is 1.93. The molecule has 0 spiro atoms. The van der Waals surface area contributed by atoms with Gasteiger partial charge in [0.05, 0.1) is 6.61 Å². The summed E-state index contributed by atoms with van der Waals surface area (Å²) in [6, 6.07) is -1.27. The van der Waals surface area contributed by atoms with E-state index in [0.717, 1.165) is 6.92 Å². The standard InChI is InChI=1S/C8H15NO9S/c1-3(10)9-5-7(12)6(11)4(18-8(5)13)2-17-19(14,15)16/h4-8,11-13H,2H2,1H3,(H,9,10)(H,14,15,16)/t4?,5-,6+,7?,8+/m0/s1. The lowest BCUT2D eigenvalue weighted by molar-refractivity contribution is -0.252. The second kappa shape index (κ2) is 6.09. The van der Waals surface area contributed by atoms with Crippen molar-refractivity contribution >= 4 is 16.3 Å². The van der Waals surface area contributed by atoms with Crippen LogP contribution in [0.2, 0.25) is 0 Å². The average Bonchev–Trinajstić information content (AvgIpc) is 2.26. The smallest absolute Gasteiger partial charge is 0.388 e. The van der Waals surface area contributed by atoms with Crippen molar-refractivity contribution in [1.82, 2.24) is 5.32 Å². The Hall–Kier alpha value is -0.820. The van der Waals surface area contributed by atoms with E-state index in [1.165, 1.54) is 0 Å². The van der Waals surface area contributed by atoms with Crippen molar-refractivity contribution in [3.05, 3.63) is 0 Å². The molecule has 11 heteroatoms. The predicted molar refractivity (Wildman–Crippen MR) is 58.0 cm³/mol. The molecule has 0 aromatic heterocycles. The minimum atomic E-state index is -4.74. The molecule has 0 radical (unpaired) electrons. The van der Waals surface area contributed by atoms with E-state index in [4.69, 9.17) is 9.29 Å². The van der Waals surface area contributed by atoms with Crippen LogP contribution in [0.3, 0.4) is 0 Å². The Bertz CT molecular complexity index is 424. The Morgan fingerprint density at radius 1 is 1.32 bits per heavy atom. The molecule has 0 aliphatic carbocycles. The quantitative estimate of drug-likeness (QED) is 0.335. The van der Waals surface area contributed by atoms with Crippen LogP contribution < -0.4 is 5.32 Å². The largest absolute Gasteiger partial charge is 0.397 e. The lowest BCUT2D eigenvalue weighted by Gasteiger charge is -2.40. The third kappa shape index (κ3) is 4.65. The van der Waals surface area contributed by atoms with Crippen molar-refractivity contribution in [2.75, 3.05) is 6.61 Å². The summed E-state index contributed by atoms with van der Waals surface area (Å²) in [5, 5.41) is 31.0. The summed E-state index contributed by atoms with van der Waals surface area (Å²) in [4.78, 5) is 10.8. The monoisotopic (exact) mass is 301 g/mol. The van der Waals surface area contributed by atoms with Gasteiger partial charge in [0.1, 0.15) is 24.4 Å². The molecular formula is C8H15NO9S. The molecule has 1 aliphatic heterocycles. The van der Waals surface area contributed by atoms with Gasteiger partial charge in [-0.05, 0) is 0 Å². The van der Waals surface area contributed by atoms with Gasteiger partial charge in [-0.3, -0.25) is 9.35 Å². The topological polar surface area (TPSA) is 163 Å². The van der Waals surface area contributed by atoms with Crippen molar-refractivity contribution in [3.8, 4) is 0 Å². The van der Waals surface area contributed by atoms with E-state index in [-0.39, 0.29) is 0 Å². The van der Waals surface area contributed by atoms with Crippen LogP contribution in [0.4, 0.5) is 0 Å². The maximum atomic E-state index is 10.8. The number of aliphatic hydroxyl groups excluding tert-OH is 3. The lowest BCUT2D eigenvalue weighted by Crippen LogP contribution is -2.64. The second-order valence-electron chi connectivity index (χ2n) is 3.98. The molecule has 5 N–H and O–H groups in total. The second-order valence-corrected chi connectivity index (χ2v) is 5.08. The van der Waals surface area contributed by atoms with Crippen molar-refractivity contribution in [3.63, 3.8) is 0 Å². The Balaban J connectivity index is 2.69. The fraction of sp³-hybridized carbons (Fsp3) is 0.875. The van der Waals surface area contributed by atoms with Crippen molar-refractivity contribution in [2.45, 2.75) is 37.6 Å². The molecule has 1 saturated heterocycles. The number of rotatable bonds is 4. The summed E-state index contributed by atoms with van der Waals surface area (Å²) in [6.07, 6.45) is -6.28. The zero-order valence-corrected chi connectivity index (χ0v) is 10.6. The zero-order valence-electron chi connectivity index (χ0n) is 9.83. The summed E-state index contributed by atoms with van der Waals surface area (Å²) in [5.41, 5.74) is 0. The maximum Gasteiger partial charge on any atom is 0.397 e. The van der Waals surface area contributed by atoms with Crippen molar-refractivity contribution < 1.29 is 42.0 Å². The van der Waals surface area contributed by atoms with Gasteiger partial charge in [0.2, 0.25) is 5.91 Å². The highest BCUT2D eigenvalue weighted by molar-refractivity contribution is 7.80. The van der Waals surface area contributed by atoms with E-state index in [1.54, 1.807) is 0 Å². The lowest BCUT2D eigenvalue weighted by atomic mass is 9.97. The van der Waals surface area contributed by atoms with Gasteiger partial charge in [-0.15, -0.1) is 0 Å². The Labute approximate surface area is 108 Å². The van der Waals surface area contributed by atoms with Gasteiger partial charge in [0.15, 0.2) is 6.29 Å². The molecule has 0 bridgehead atoms. The van der Waals surface area contributed by atoms with E-state index in [0.29, 0.717) is 0 Å². The minimum Gasteiger partial charge on any atom is -0.388 e. The molecular weight excluding hydrogens is 286 g/mol. The minimum absolute atomic E-state index is 0.563. The molecule has 1 heterocycles. The summed E-state index contributed by atoms with van der Waals surface area (Å²) < 4.78 is 37.9. The van der Waals surface area contributed by atoms with Gasteiger partial charge in [0, 0.05) is 6.92 Å². The van der Waals surface area contributed by atoms with E-state index < -0.39 is 53.6 Å². The van der Waals surface area contributed by atoms with Gasteiger partial charge in [-0.25, -0.2) is 4.18 Å². The van der Waals surface area contributed by atoms with Crippen LogP contribution in [-0.2, 0) is 24.1 Å². The van der Waals surface area contributed by atoms with Crippen LogP contribution in [-0.4, -0.2) is 71.4 Å². The van der Waals surface area contributed by atoms with Gasteiger partial charge < -0.3 is 25.4 Å². The van der Waals surface area contributed by atoms with Gasteiger partial charge >= 0.3 is 10.4 Å². The Morgan fingerprint density at radius 3 is 2.37 bits per heavy atom. The SMILES string of the molecule is CC(=O)N[C@H]1C(O)[C@H](O)C(COS(=O)(=O)O)O[C@H]1O. The normalized spacial score (nSPS) is 35.9. The Kier molecular flexibility index (Phi) is 5.20. The van der Waals surface area contributed by atoms with Crippen LogP contribution in [0.5, 0.6) is 0 Å². The summed E-state index contributed by atoms with van der Waals surface area (Å²) in [5.74, 6) is -0.563. The van der Waals surface area contributed by atoms with Crippen LogP contribution in [0, 0.1) is 0 Å². The highest BCUT2D eigenvalue weighted by atomic mass is 32.3. The van der Waals surface area contributed by atoms with Crippen molar-refractivity contribution in [1.29, 1.82) is 0 Å². The van der Waals surface area contributed by atoms with E-state index in [2.05, 4.69) is 9.50 Å². The molecule has 112 valence electrons. The van der Waals surface area contributed by atoms with Gasteiger partial charge in [-0.2, -0.15) is 8.42 Å². The molecule has 10 nitrogen and oxygen atoms in total. The maximum absolute atomic E-state index is 10.8. The van der Waals surface area contributed by atoms with E-state index in [9.17, 15) is 28.5 Å². The zero-order chi connectivity index (χ0) is 14.8. The number of nitrogens with one attached hydrogen (secondary N) is 1. The average molecular weight is 301 g/mol. The number of hydrogen-bond donors (Lipinski definition) is 5. The number of amides is 1. The molecule has 0 aromatic rings. The van der Waals surface area contributed by atoms with Crippen LogP contribution in [0.25, 0.3) is 0 Å². The molecule has 1 rings (SSSR count). The molecule has 19 heavy (non-hydrogen) atoms. The third-order valence-corrected chi connectivity index (χ3v) is 2.91. The third-order valence-electron chi connectivity index (χ3n) is 2.47. The highest BCUT2D eigenvalue weighted by Crippen LogP contribution is 2.20. The summed E-state index contributed by atoms with van der Waals surface area (Å²) in [6.45, 7) is 0.334. The van der Waals surface area contributed by atoms with E-state index in [1.807, 2.05) is 0 Å². The highest BCUT2D eigenvalue weighted by Gasteiger charge is 2.44. The summed E-state index contributed by atoms with van der Waals surface area (Å²) >= 11 is 0. The molecule has 0 aromatic carbocycles. The molecule has 5 atom stereocenters. The van der Waals surface area contributed by atoms with Gasteiger partial charge in [0.25, 0.3) is 0 Å². The first-order valence-electron chi connectivity index (χ1n) is 5.20. The first kappa shape index (κ1) is 16.2. The first-order chi connectivity index (χ1) is 8.61. The number of ether oxygens (including phenoxy) is 1. The number of carbonyl (C=O) groups excluding carboxylic acids is 1. The number of hydrogen-bond acceptors (Lipinski definition) is 8. The fourth-order valence-electron chi connectivity index (χ4n) is 1.63. The van der Waals surface area contributed by atoms with E-state index >= 15 is 0 Å². The Morgan fingerprint density at radius 2 is 1.89 bits per heavy atom. The van der Waals surface area contributed by atoms with Crippen LogP contribution >= 0.6 is 0 Å². The molecule has 0 saturated carbocycles.